The van der Waals surface area contributed by atoms with Crippen molar-refractivity contribution < 1.29 is 4.79 Å². The van der Waals surface area contributed by atoms with Gasteiger partial charge < -0.3 is 4.90 Å². The van der Waals surface area contributed by atoms with E-state index in [1.54, 1.807) is 0 Å². The average Bonchev–Trinajstić information content (AvgIpc) is 2.72. The third kappa shape index (κ3) is 1.98. The molecule has 2 nitrogen and oxygen atoms in total. The van der Waals surface area contributed by atoms with Crippen molar-refractivity contribution in [3.63, 3.8) is 0 Å². The van der Waals surface area contributed by atoms with Crippen LogP contribution in [0.15, 0.2) is 0 Å². The molecule has 1 unspecified atom stereocenters. The number of nitrogens with zero attached hydrogens (tertiary/aromatic N) is 1. The highest BCUT2D eigenvalue weighted by Crippen LogP contribution is 2.28. The summed E-state index contributed by atoms with van der Waals surface area (Å²) in [7, 11) is 0. The maximum Gasteiger partial charge on any atom is 0.225 e. The van der Waals surface area contributed by atoms with Crippen LogP contribution < -0.4 is 0 Å². The van der Waals surface area contributed by atoms with Gasteiger partial charge in [0.05, 0.1) is 5.38 Å². The molecule has 0 radical (unpaired) electrons. The highest BCUT2D eigenvalue weighted by molar-refractivity contribution is 6.21. The molecule has 1 aliphatic carbocycles. The van der Waals surface area contributed by atoms with E-state index in [0.717, 1.165) is 32.4 Å². The van der Waals surface area contributed by atoms with Crippen molar-refractivity contribution in [1.29, 1.82) is 0 Å². The molecule has 0 bridgehead atoms. The predicted molar refractivity (Wildman–Crippen MR) is 52.8 cm³/mol. The van der Waals surface area contributed by atoms with E-state index in [2.05, 4.69) is 0 Å². The number of rotatable bonds is 1. The van der Waals surface area contributed by atoms with Gasteiger partial charge in [0.1, 0.15) is 0 Å². The third-order valence-corrected chi connectivity index (χ3v) is 3.50. The van der Waals surface area contributed by atoms with Crippen LogP contribution in [0.5, 0.6) is 0 Å². The van der Waals surface area contributed by atoms with E-state index in [0.29, 0.717) is 11.8 Å². The molecule has 0 aromatic heterocycles. The Morgan fingerprint density at radius 1 is 1.23 bits per heavy atom. The van der Waals surface area contributed by atoms with Gasteiger partial charge in [-0.2, -0.15) is 0 Å². The smallest absolute Gasteiger partial charge is 0.225 e. The summed E-state index contributed by atoms with van der Waals surface area (Å²) in [4.78, 5) is 13.8. The molecule has 1 aliphatic heterocycles. The van der Waals surface area contributed by atoms with Crippen molar-refractivity contribution in [2.24, 2.45) is 5.92 Å². The van der Waals surface area contributed by atoms with Crippen molar-refractivity contribution in [2.45, 2.75) is 37.5 Å². The van der Waals surface area contributed by atoms with Crippen LogP contribution in [0.25, 0.3) is 0 Å². The second-order valence-corrected chi connectivity index (χ2v) is 4.77. The highest BCUT2D eigenvalue weighted by Gasteiger charge is 2.31. The molecule has 1 amide bonds. The van der Waals surface area contributed by atoms with Gasteiger partial charge in [-0.3, -0.25) is 4.79 Å². The molecule has 0 spiro atoms. The summed E-state index contributed by atoms with van der Waals surface area (Å²) in [6, 6.07) is 0. The summed E-state index contributed by atoms with van der Waals surface area (Å²) in [5.41, 5.74) is 0. The molecule has 2 fully saturated rings. The molecule has 1 atom stereocenters. The Morgan fingerprint density at radius 2 is 1.92 bits per heavy atom. The number of carbonyl (C=O) groups is 1. The third-order valence-electron chi connectivity index (χ3n) is 3.15. The minimum atomic E-state index is 0.199. The maximum atomic E-state index is 11.9. The Hall–Kier alpha value is -0.240. The lowest BCUT2D eigenvalue weighted by atomic mass is 10.1. The van der Waals surface area contributed by atoms with Gasteiger partial charge in [0.2, 0.25) is 5.91 Å². The van der Waals surface area contributed by atoms with Crippen molar-refractivity contribution in [3.8, 4) is 0 Å². The SMILES string of the molecule is O=C(C1CCCC1)N1CCC(Cl)C1. The lowest BCUT2D eigenvalue weighted by Crippen LogP contribution is -2.33. The van der Waals surface area contributed by atoms with E-state index in [1.165, 1.54) is 12.8 Å². The standard InChI is InChI=1S/C10H16ClNO/c11-9-5-6-12(7-9)10(13)8-3-1-2-4-8/h8-9H,1-7H2. The van der Waals surface area contributed by atoms with Crippen LogP contribution in [0.4, 0.5) is 0 Å². The number of hydrogen-bond donors (Lipinski definition) is 0. The zero-order valence-electron chi connectivity index (χ0n) is 7.84. The zero-order chi connectivity index (χ0) is 9.26. The molecular weight excluding hydrogens is 186 g/mol. The molecule has 0 aromatic carbocycles. The van der Waals surface area contributed by atoms with E-state index in [4.69, 9.17) is 11.6 Å². The summed E-state index contributed by atoms with van der Waals surface area (Å²) in [5, 5.41) is 0.199. The largest absolute Gasteiger partial charge is 0.341 e. The van der Waals surface area contributed by atoms with Gasteiger partial charge in [0, 0.05) is 19.0 Å². The minimum absolute atomic E-state index is 0.199. The van der Waals surface area contributed by atoms with E-state index < -0.39 is 0 Å². The van der Waals surface area contributed by atoms with Gasteiger partial charge in [-0.1, -0.05) is 12.8 Å². The maximum absolute atomic E-state index is 11.9. The Bertz CT molecular complexity index is 201. The molecule has 2 rings (SSSR count). The van der Waals surface area contributed by atoms with Gasteiger partial charge in [0.15, 0.2) is 0 Å². The van der Waals surface area contributed by atoms with Crippen LogP contribution in [-0.2, 0) is 4.79 Å². The first-order valence-corrected chi connectivity index (χ1v) is 5.64. The first kappa shape index (κ1) is 9.32. The number of carbonyl (C=O) groups excluding carboxylic acids is 1. The Morgan fingerprint density at radius 3 is 2.46 bits per heavy atom. The quantitative estimate of drug-likeness (QED) is 0.595. The first-order valence-electron chi connectivity index (χ1n) is 5.20. The zero-order valence-corrected chi connectivity index (χ0v) is 8.59. The molecule has 1 saturated heterocycles. The van der Waals surface area contributed by atoms with Gasteiger partial charge in [-0.15, -0.1) is 11.6 Å². The summed E-state index contributed by atoms with van der Waals surface area (Å²) in [6.45, 7) is 1.65. The van der Waals surface area contributed by atoms with Crippen LogP contribution in [-0.4, -0.2) is 29.3 Å². The van der Waals surface area contributed by atoms with Gasteiger partial charge in [-0.05, 0) is 19.3 Å². The normalized spacial score (nSPS) is 29.9. The Labute approximate surface area is 84.2 Å². The van der Waals surface area contributed by atoms with Crippen molar-refractivity contribution >= 4 is 17.5 Å². The molecule has 0 aromatic rings. The van der Waals surface area contributed by atoms with Crippen LogP contribution >= 0.6 is 11.6 Å². The second-order valence-electron chi connectivity index (χ2n) is 4.15. The predicted octanol–water partition coefficient (Wildman–Crippen LogP) is 2.02. The van der Waals surface area contributed by atoms with E-state index in [-0.39, 0.29) is 5.38 Å². The molecule has 2 aliphatic rings. The summed E-state index contributed by atoms with van der Waals surface area (Å²) >= 11 is 5.96. The Kier molecular flexibility index (Phi) is 2.77. The fraction of sp³-hybridized carbons (Fsp3) is 0.900. The van der Waals surface area contributed by atoms with E-state index in [1.807, 2.05) is 4.90 Å². The molecule has 3 heteroatoms. The van der Waals surface area contributed by atoms with Gasteiger partial charge in [0.25, 0.3) is 0 Å². The van der Waals surface area contributed by atoms with Crippen molar-refractivity contribution in [1.82, 2.24) is 4.90 Å². The number of likely N-dealkylation sites (tertiary alicyclic amines) is 1. The van der Waals surface area contributed by atoms with Crippen LogP contribution in [0.2, 0.25) is 0 Å². The minimum Gasteiger partial charge on any atom is -0.341 e. The summed E-state index contributed by atoms with van der Waals surface area (Å²) in [6.07, 6.45) is 5.63. The lowest BCUT2D eigenvalue weighted by Gasteiger charge is -2.19. The fourth-order valence-electron chi connectivity index (χ4n) is 2.35. The van der Waals surface area contributed by atoms with Gasteiger partial charge >= 0.3 is 0 Å². The molecular formula is C10H16ClNO. The van der Waals surface area contributed by atoms with E-state index in [9.17, 15) is 4.79 Å². The van der Waals surface area contributed by atoms with Crippen LogP contribution in [0.3, 0.4) is 0 Å². The van der Waals surface area contributed by atoms with Gasteiger partial charge in [-0.25, -0.2) is 0 Å². The number of hydrogen-bond acceptors (Lipinski definition) is 1. The monoisotopic (exact) mass is 201 g/mol. The lowest BCUT2D eigenvalue weighted by molar-refractivity contribution is -0.134. The molecule has 1 heterocycles. The van der Waals surface area contributed by atoms with Crippen molar-refractivity contribution in [3.05, 3.63) is 0 Å². The van der Waals surface area contributed by atoms with Crippen molar-refractivity contribution in [2.75, 3.05) is 13.1 Å². The highest BCUT2D eigenvalue weighted by atomic mass is 35.5. The summed E-state index contributed by atoms with van der Waals surface area (Å²) in [5.74, 6) is 0.683. The second kappa shape index (κ2) is 3.87. The molecule has 1 saturated carbocycles. The fourth-order valence-corrected chi connectivity index (χ4v) is 2.61. The number of alkyl halides is 1. The number of halogens is 1. The summed E-state index contributed by atoms with van der Waals surface area (Å²) < 4.78 is 0. The van der Waals surface area contributed by atoms with Crippen LogP contribution in [0, 0.1) is 5.92 Å². The molecule has 0 N–H and O–H groups in total. The Balaban J connectivity index is 1.89. The topological polar surface area (TPSA) is 20.3 Å². The first-order chi connectivity index (χ1) is 6.27. The molecule has 13 heavy (non-hydrogen) atoms. The van der Waals surface area contributed by atoms with Crippen LogP contribution in [0.1, 0.15) is 32.1 Å². The average molecular weight is 202 g/mol. The number of amides is 1. The molecule has 74 valence electrons. The van der Waals surface area contributed by atoms with E-state index >= 15 is 0 Å².